The lowest BCUT2D eigenvalue weighted by molar-refractivity contribution is 0.0273. The molecule has 1 aliphatic heterocycles. The van der Waals surface area contributed by atoms with Gasteiger partial charge in [0.05, 0.1) is 12.7 Å². The molecule has 0 radical (unpaired) electrons. The zero-order valence-electron chi connectivity index (χ0n) is 9.89. The number of nitrogens with zero attached hydrogens (tertiary/aromatic N) is 2. The average molecular weight is 221 g/mol. The van der Waals surface area contributed by atoms with E-state index in [0.29, 0.717) is 0 Å². The summed E-state index contributed by atoms with van der Waals surface area (Å²) in [6.45, 7) is 6.51. The van der Waals surface area contributed by atoms with Crippen LogP contribution in [0.25, 0.3) is 0 Å². The summed E-state index contributed by atoms with van der Waals surface area (Å²) in [5.41, 5.74) is 7.08. The number of aryl methyl sites for hydroxylation is 1. The van der Waals surface area contributed by atoms with Crippen LogP contribution in [0.1, 0.15) is 12.5 Å². The summed E-state index contributed by atoms with van der Waals surface area (Å²) < 4.78 is 5.64. The lowest BCUT2D eigenvalue weighted by Gasteiger charge is -2.36. The summed E-state index contributed by atoms with van der Waals surface area (Å²) in [5, 5.41) is 0. The number of hydrogen-bond donors (Lipinski definition) is 1. The van der Waals surface area contributed by atoms with Gasteiger partial charge in [-0.15, -0.1) is 0 Å². The zero-order chi connectivity index (χ0) is 11.5. The first-order chi connectivity index (χ1) is 7.68. The topological polar surface area (TPSA) is 51.4 Å². The number of aromatic nitrogens is 1. The Bertz CT molecular complexity index is 354. The van der Waals surface area contributed by atoms with E-state index in [9.17, 15) is 0 Å². The first-order valence-corrected chi connectivity index (χ1v) is 5.72. The minimum absolute atomic E-state index is 0.0619. The summed E-state index contributed by atoms with van der Waals surface area (Å²) in [5.74, 6) is 1.05. The second-order valence-electron chi connectivity index (χ2n) is 4.36. The Morgan fingerprint density at radius 3 is 3.12 bits per heavy atom. The minimum Gasteiger partial charge on any atom is -0.373 e. The Labute approximate surface area is 96.4 Å². The van der Waals surface area contributed by atoms with Crippen molar-refractivity contribution in [2.24, 2.45) is 5.73 Å². The van der Waals surface area contributed by atoms with Gasteiger partial charge >= 0.3 is 0 Å². The highest BCUT2D eigenvalue weighted by atomic mass is 16.5. The zero-order valence-corrected chi connectivity index (χ0v) is 9.89. The molecule has 16 heavy (non-hydrogen) atoms. The number of nitrogens with two attached hydrogens (primary N) is 1. The van der Waals surface area contributed by atoms with Crippen LogP contribution in [0.3, 0.4) is 0 Å². The molecular weight excluding hydrogens is 202 g/mol. The van der Waals surface area contributed by atoms with Crippen molar-refractivity contribution in [2.45, 2.75) is 26.0 Å². The van der Waals surface area contributed by atoms with Gasteiger partial charge in [-0.25, -0.2) is 4.98 Å². The van der Waals surface area contributed by atoms with Crippen LogP contribution in [0, 0.1) is 6.92 Å². The fourth-order valence-corrected chi connectivity index (χ4v) is 1.99. The van der Waals surface area contributed by atoms with Gasteiger partial charge in [0.25, 0.3) is 0 Å². The molecule has 2 N–H and O–H groups in total. The molecule has 88 valence electrons. The van der Waals surface area contributed by atoms with E-state index in [0.717, 1.165) is 25.5 Å². The van der Waals surface area contributed by atoms with E-state index in [1.54, 1.807) is 0 Å². The number of ether oxygens (including phenoxy) is 1. The van der Waals surface area contributed by atoms with Gasteiger partial charge in [0.2, 0.25) is 0 Å². The normalized spacial score (nSPS) is 23.2. The molecule has 0 aliphatic carbocycles. The van der Waals surface area contributed by atoms with Crippen LogP contribution in [0.15, 0.2) is 18.3 Å². The second-order valence-corrected chi connectivity index (χ2v) is 4.36. The Morgan fingerprint density at radius 1 is 1.62 bits per heavy atom. The Kier molecular flexibility index (Phi) is 3.41. The summed E-state index contributed by atoms with van der Waals surface area (Å²) in [6.07, 6.45) is 1.94. The van der Waals surface area contributed by atoms with E-state index >= 15 is 0 Å². The highest BCUT2D eigenvalue weighted by Gasteiger charge is 2.24. The monoisotopic (exact) mass is 221 g/mol. The van der Waals surface area contributed by atoms with Crippen LogP contribution in [0.4, 0.5) is 5.82 Å². The predicted molar refractivity (Wildman–Crippen MR) is 64.6 cm³/mol. The van der Waals surface area contributed by atoms with E-state index in [-0.39, 0.29) is 12.1 Å². The molecule has 2 rings (SSSR count). The van der Waals surface area contributed by atoms with Crippen LogP contribution in [0.5, 0.6) is 0 Å². The van der Waals surface area contributed by atoms with E-state index in [1.807, 2.05) is 19.2 Å². The maximum atomic E-state index is 5.87. The SMILES string of the molecule is Cc1cccnc1N1CCOC(C(C)N)C1. The summed E-state index contributed by atoms with van der Waals surface area (Å²) in [7, 11) is 0. The van der Waals surface area contributed by atoms with Crippen molar-refractivity contribution in [3.05, 3.63) is 23.9 Å². The summed E-state index contributed by atoms with van der Waals surface area (Å²) in [6, 6.07) is 4.10. The van der Waals surface area contributed by atoms with Gasteiger partial charge in [0, 0.05) is 25.3 Å². The van der Waals surface area contributed by atoms with Crippen molar-refractivity contribution in [1.82, 2.24) is 4.98 Å². The molecule has 1 aliphatic rings. The van der Waals surface area contributed by atoms with Gasteiger partial charge in [-0.3, -0.25) is 0 Å². The number of anilines is 1. The molecule has 0 bridgehead atoms. The third-order valence-electron chi connectivity index (χ3n) is 2.96. The lowest BCUT2D eigenvalue weighted by Crippen LogP contribution is -2.50. The molecule has 4 heteroatoms. The minimum atomic E-state index is 0.0619. The molecule has 0 amide bonds. The maximum Gasteiger partial charge on any atom is 0.131 e. The van der Waals surface area contributed by atoms with Gasteiger partial charge in [-0.05, 0) is 25.5 Å². The van der Waals surface area contributed by atoms with Crippen LogP contribution < -0.4 is 10.6 Å². The standard InChI is InChI=1S/C12H19N3O/c1-9-4-3-5-14-12(9)15-6-7-16-11(8-15)10(2)13/h3-5,10-11H,6-8,13H2,1-2H3. The highest BCUT2D eigenvalue weighted by Crippen LogP contribution is 2.19. The summed E-state index contributed by atoms with van der Waals surface area (Å²) >= 11 is 0. The van der Waals surface area contributed by atoms with E-state index < -0.39 is 0 Å². The van der Waals surface area contributed by atoms with Gasteiger partial charge < -0.3 is 15.4 Å². The quantitative estimate of drug-likeness (QED) is 0.807. The molecule has 1 aromatic heterocycles. The van der Waals surface area contributed by atoms with Crippen LogP contribution >= 0.6 is 0 Å². The first-order valence-electron chi connectivity index (χ1n) is 5.72. The largest absolute Gasteiger partial charge is 0.373 e. The van der Waals surface area contributed by atoms with Crippen LogP contribution in [0.2, 0.25) is 0 Å². The Balaban J connectivity index is 2.13. The highest BCUT2D eigenvalue weighted by molar-refractivity contribution is 5.46. The third-order valence-corrected chi connectivity index (χ3v) is 2.96. The predicted octanol–water partition coefficient (Wildman–Crippen LogP) is 0.942. The Morgan fingerprint density at radius 2 is 2.44 bits per heavy atom. The first kappa shape index (κ1) is 11.4. The van der Waals surface area contributed by atoms with Gasteiger partial charge in [-0.1, -0.05) is 6.07 Å². The summed E-state index contributed by atoms with van der Waals surface area (Å²) in [4.78, 5) is 6.68. The Hall–Kier alpha value is -1.13. The van der Waals surface area contributed by atoms with Crippen molar-refractivity contribution >= 4 is 5.82 Å². The molecule has 2 atom stereocenters. The fourth-order valence-electron chi connectivity index (χ4n) is 1.99. The molecule has 0 spiro atoms. The van der Waals surface area contributed by atoms with Crippen molar-refractivity contribution < 1.29 is 4.74 Å². The second kappa shape index (κ2) is 4.80. The van der Waals surface area contributed by atoms with Crippen molar-refractivity contribution in [3.8, 4) is 0 Å². The smallest absolute Gasteiger partial charge is 0.131 e. The van der Waals surface area contributed by atoms with Crippen molar-refractivity contribution in [1.29, 1.82) is 0 Å². The third kappa shape index (κ3) is 2.33. The van der Waals surface area contributed by atoms with E-state index in [4.69, 9.17) is 10.5 Å². The van der Waals surface area contributed by atoms with Crippen LogP contribution in [-0.2, 0) is 4.74 Å². The molecule has 1 fully saturated rings. The molecule has 1 saturated heterocycles. The lowest BCUT2D eigenvalue weighted by atomic mass is 10.1. The molecule has 4 nitrogen and oxygen atoms in total. The van der Waals surface area contributed by atoms with Crippen molar-refractivity contribution in [3.63, 3.8) is 0 Å². The van der Waals surface area contributed by atoms with Crippen LogP contribution in [-0.4, -0.2) is 36.8 Å². The number of morpholine rings is 1. The van der Waals surface area contributed by atoms with E-state index in [1.165, 1.54) is 5.56 Å². The molecule has 2 heterocycles. The van der Waals surface area contributed by atoms with E-state index in [2.05, 4.69) is 22.9 Å². The number of rotatable bonds is 2. The molecule has 0 saturated carbocycles. The van der Waals surface area contributed by atoms with Gasteiger partial charge in [0.1, 0.15) is 5.82 Å². The molecule has 2 unspecified atom stereocenters. The number of pyridine rings is 1. The molecular formula is C12H19N3O. The maximum absolute atomic E-state index is 5.87. The molecule has 1 aromatic rings. The number of hydrogen-bond acceptors (Lipinski definition) is 4. The fraction of sp³-hybridized carbons (Fsp3) is 0.583. The van der Waals surface area contributed by atoms with Gasteiger partial charge in [-0.2, -0.15) is 0 Å². The van der Waals surface area contributed by atoms with Crippen molar-refractivity contribution in [2.75, 3.05) is 24.6 Å². The van der Waals surface area contributed by atoms with Gasteiger partial charge in [0.15, 0.2) is 0 Å². The molecule has 0 aromatic carbocycles. The average Bonchev–Trinajstić information content (AvgIpc) is 2.30.